The number of carbonyl (C=O) groups excluding carboxylic acids is 3. The van der Waals surface area contributed by atoms with E-state index < -0.39 is 39.0 Å². The minimum Gasteiger partial charge on any atom is -0.339 e. The first-order valence-electron chi connectivity index (χ1n) is 11.5. The Bertz CT molecular complexity index is 1020. The number of hydrogen-bond donors (Lipinski definition) is 2. The molecule has 1 aromatic carbocycles. The summed E-state index contributed by atoms with van der Waals surface area (Å²) in [6, 6.07) is 7.14. The van der Waals surface area contributed by atoms with Crippen LogP contribution in [0.3, 0.4) is 0 Å². The summed E-state index contributed by atoms with van der Waals surface area (Å²) in [5.41, 5.74) is 0.361. The Morgan fingerprint density at radius 3 is 2.33 bits per heavy atom. The first-order valence-corrected chi connectivity index (χ1v) is 13.0. The van der Waals surface area contributed by atoms with E-state index in [0.717, 1.165) is 31.2 Å². The van der Waals surface area contributed by atoms with Crippen molar-refractivity contribution in [2.45, 2.75) is 89.3 Å². The molecule has 1 aliphatic rings. The summed E-state index contributed by atoms with van der Waals surface area (Å²) < 4.78 is 25.8. The summed E-state index contributed by atoms with van der Waals surface area (Å²) >= 11 is 0. The van der Waals surface area contributed by atoms with Crippen molar-refractivity contribution in [1.29, 1.82) is 0 Å². The molecule has 1 saturated carbocycles. The molecular formula is C25H34N2O5S. The Balaban J connectivity index is 2.05. The van der Waals surface area contributed by atoms with Crippen LogP contribution in [0.15, 0.2) is 24.3 Å². The molecule has 180 valence electrons. The van der Waals surface area contributed by atoms with Gasteiger partial charge in [-0.2, -0.15) is 0 Å². The van der Waals surface area contributed by atoms with Crippen LogP contribution in [0.4, 0.5) is 0 Å². The van der Waals surface area contributed by atoms with Gasteiger partial charge in [0.1, 0.15) is 12.0 Å². The lowest BCUT2D eigenvalue weighted by Crippen LogP contribution is -2.48. The van der Waals surface area contributed by atoms with Gasteiger partial charge in [-0.3, -0.25) is 19.1 Å². The van der Waals surface area contributed by atoms with Crippen molar-refractivity contribution in [2.75, 3.05) is 0 Å². The molecule has 0 aromatic heterocycles. The third kappa shape index (κ3) is 9.39. The SMILES string of the molecule is CCCCCCC#C[C@](C)(CC(=O)c1ccc(C)cc1)NC(=O)CC(=O)NS(=O)(=O)C1CC1. The average molecular weight is 475 g/mol. The molecule has 2 amide bonds. The largest absolute Gasteiger partial charge is 0.339 e. The highest BCUT2D eigenvalue weighted by molar-refractivity contribution is 7.90. The van der Waals surface area contributed by atoms with Gasteiger partial charge in [0.15, 0.2) is 5.78 Å². The fraction of sp³-hybridized carbons (Fsp3) is 0.560. The van der Waals surface area contributed by atoms with E-state index >= 15 is 0 Å². The van der Waals surface area contributed by atoms with E-state index in [1.54, 1.807) is 19.1 Å². The van der Waals surface area contributed by atoms with Crippen molar-refractivity contribution >= 4 is 27.6 Å². The summed E-state index contributed by atoms with van der Waals surface area (Å²) in [4.78, 5) is 37.4. The average Bonchev–Trinajstić information content (AvgIpc) is 3.56. The molecule has 0 unspecified atom stereocenters. The van der Waals surface area contributed by atoms with E-state index in [2.05, 4.69) is 24.1 Å². The predicted molar refractivity (Wildman–Crippen MR) is 128 cm³/mol. The van der Waals surface area contributed by atoms with Gasteiger partial charge in [-0.05, 0) is 33.1 Å². The second kappa shape index (κ2) is 12.0. The molecular weight excluding hydrogens is 440 g/mol. The van der Waals surface area contributed by atoms with E-state index in [-0.39, 0.29) is 12.2 Å². The van der Waals surface area contributed by atoms with Crippen LogP contribution in [0.5, 0.6) is 0 Å². The van der Waals surface area contributed by atoms with Gasteiger partial charge in [0.05, 0.1) is 5.25 Å². The number of hydrogen-bond acceptors (Lipinski definition) is 5. The maximum atomic E-state index is 12.8. The number of sulfonamides is 1. The molecule has 0 bridgehead atoms. The highest BCUT2D eigenvalue weighted by atomic mass is 32.2. The van der Waals surface area contributed by atoms with E-state index in [1.165, 1.54) is 0 Å². The molecule has 0 aliphatic heterocycles. The van der Waals surface area contributed by atoms with Crippen molar-refractivity contribution in [3.63, 3.8) is 0 Å². The van der Waals surface area contributed by atoms with Crippen LogP contribution in [0.1, 0.15) is 87.6 Å². The molecule has 1 fully saturated rings. The zero-order valence-corrected chi connectivity index (χ0v) is 20.5. The minimum atomic E-state index is -3.72. The Morgan fingerprint density at radius 2 is 1.73 bits per heavy atom. The molecule has 1 aliphatic carbocycles. The van der Waals surface area contributed by atoms with Crippen LogP contribution in [-0.4, -0.2) is 36.8 Å². The summed E-state index contributed by atoms with van der Waals surface area (Å²) in [5, 5.41) is 2.12. The van der Waals surface area contributed by atoms with Crippen molar-refractivity contribution in [3.05, 3.63) is 35.4 Å². The molecule has 33 heavy (non-hydrogen) atoms. The second-order valence-electron chi connectivity index (χ2n) is 8.91. The van der Waals surface area contributed by atoms with Gasteiger partial charge >= 0.3 is 0 Å². The van der Waals surface area contributed by atoms with Crippen molar-refractivity contribution in [1.82, 2.24) is 10.0 Å². The zero-order chi connectivity index (χ0) is 24.5. The number of amides is 2. The van der Waals surface area contributed by atoms with E-state index in [9.17, 15) is 22.8 Å². The molecule has 7 nitrogen and oxygen atoms in total. The van der Waals surface area contributed by atoms with E-state index in [4.69, 9.17) is 0 Å². The monoisotopic (exact) mass is 474 g/mol. The Hall–Kier alpha value is -2.66. The molecule has 2 N–H and O–H groups in total. The maximum absolute atomic E-state index is 12.8. The fourth-order valence-electron chi connectivity index (χ4n) is 3.33. The van der Waals surface area contributed by atoms with Crippen molar-refractivity contribution in [3.8, 4) is 11.8 Å². The van der Waals surface area contributed by atoms with Crippen LogP contribution in [-0.2, 0) is 19.6 Å². The summed E-state index contributed by atoms with van der Waals surface area (Å²) in [5.74, 6) is 4.32. The number of benzene rings is 1. The highest BCUT2D eigenvalue weighted by Crippen LogP contribution is 2.27. The van der Waals surface area contributed by atoms with Gasteiger partial charge in [-0.1, -0.05) is 61.9 Å². The van der Waals surface area contributed by atoms with Crippen LogP contribution in [0, 0.1) is 18.8 Å². The highest BCUT2D eigenvalue weighted by Gasteiger charge is 2.37. The fourth-order valence-corrected chi connectivity index (χ4v) is 4.65. The van der Waals surface area contributed by atoms with Crippen molar-refractivity contribution in [2.24, 2.45) is 0 Å². The molecule has 0 spiro atoms. The molecule has 0 saturated heterocycles. The van der Waals surface area contributed by atoms with Gasteiger partial charge in [0.25, 0.3) is 0 Å². The standard InChI is InChI=1S/C25H34N2O5S/c1-4-5-6-7-8-9-16-25(3,18-22(28)20-12-10-19(2)11-13-20)26-23(29)17-24(30)27-33(31,32)21-14-15-21/h10-13,21H,4-8,14-15,17-18H2,1-3H3,(H,26,29)(H,27,30)/t25-/m1/s1. The quantitative estimate of drug-likeness (QED) is 0.209. The van der Waals surface area contributed by atoms with Gasteiger partial charge in [-0.15, -0.1) is 5.92 Å². The first kappa shape index (κ1) is 26.6. The molecule has 0 heterocycles. The minimum absolute atomic E-state index is 0.0637. The van der Waals surface area contributed by atoms with Crippen LogP contribution < -0.4 is 10.0 Å². The predicted octanol–water partition coefficient (Wildman–Crippen LogP) is 3.42. The van der Waals surface area contributed by atoms with Gasteiger partial charge < -0.3 is 5.32 Å². The molecule has 2 rings (SSSR count). The molecule has 1 aromatic rings. The third-order valence-corrected chi connectivity index (χ3v) is 7.22. The number of ketones is 1. The first-order chi connectivity index (χ1) is 15.5. The number of unbranched alkanes of at least 4 members (excludes halogenated alkanes) is 4. The molecule has 1 atom stereocenters. The zero-order valence-electron chi connectivity index (χ0n) is 19.7. The summed E-state index contributed by atoms with van der Waals surface area (Å²) in [6.07, 6.45) is 5.19. The topological polar surface area (TPSA) is 109 Å². The Labute approximate surface area is 197 Å². The second-order valence-corrected chi connectivity index (χ2v) is 10.9. The summed E-state index contributed by atoms with van der Waals surface area (Å²) in [6.45, 7) is 5.70. The number of aryl methyl sites for hydroxylation is 1. The Kier molecular flexibility index (Phi) is 9.66. The lowest BCUT2D eigenvalue weighted by atomic mass is 9.91. The molecule has 8 heteroatoms. The van der Waals surface area contributed by atoms with Gasteiger partial charge in [0.2, 0.25) is 21.8 Å². The number of carbonyl (C=O) groups is 3. The lowest BCUT2D eigenvalue weighted by Gasteiger charge is -2.25. The smallest absolute Gasteiger partial charge is 0.242 e. The van der Waals surface area contributed by atoms with Crippen molar-refractivity contribution < 1.29 is 22.8 Å². The van der Waals surface area contributed by atoms with Crippen LogP contribution >= 0.6 is 0 Å². The third-order valence-electron chi connectivity index (χ3n) is 5.36. The van der Waals surface area contributed by atoms with E-state index in [1.807, 2.05) is 23.8 Å². The number of nitrogens with one attached hydrogen (secondary N) is 2. The van der Waals surface area contributed by atoms with Gasteiger partial charge in [0, 0.05) is 18.4 Å². The number of rotatable bonds is 12. The van der Waals surface area contributed by atoms with Crippen LogP contribution in [0.2, 0.25) is 0 Å². The molecule has 0 radical (unpaired) electrons. The summed E-state index contributed by atoms with van der Waals surface area (Å²) in [7, 11) is -3.72. The Morgan fingerprint density at radius 1 is 1.06 bits per heavy atom. The van der Waals surface area contributed by atoms with E-state index in [0.29, 0.717) is 24.8 Å². The number of Topliss-reactive ketones (excluding diaryl/α,β-unsaturated/α-hetero) is 1. The van der Waals surface area contributed by atoms with Gasteiger partial charge in [-0.25, -0.2) is 8.42 Å². The maximum Gasteiger partial charge on any atom is 0.242 e. The normalized spacial score (nSPS) is 15.0. The van der Waals surface area contributed by atoms with Crippen LogP contribution in [0.25, 0.3) is 0 Å². The lowest BCUT2D eigenvalue weighted by molar-refractivity contribution is -0.128.